The minimum Gasteiger partial charge on any atom is -0.459 e. The molecule has 0 spiro atoms. The molecular weight excluding hydrogens is 204 g/mol. The first kappa shape index (κ1) is 14.9. The molecule has 0 amide bonds. The molecule has 0 radical (unpaired) electrons. The van der Waals surface area contributed by atoms with Crippen molar-refractivity contribution < 1.29 is 14.3 Å². The van der Waals surface area contributed by atoms with E-state index in [-0.39, 0.29) is 18.2 Å². The van der Waals surface area contributed by atoms with Crippen LogP contribution in [0, 0.1) is 0 Å². The lowest BCUT2D eigenvalue weighted by molar-refractivity contribution is -0.144. The van der Waals surface area contributed by atoms with E-state index in [0.717, 1.165) is 5.57 Å². The molecule has 0 aromatic rings. The Labute approximate surface area is 98.1 Å². The molecule has 3 nitrogen and oxygen atoms in total. The van der Waals surface area contributed by atoms with Gasteiger partial charge in [-0.25, -0.2) is 4.79 Å². The van der Waals surface area contributed by atoms with E-state index in [2.05, 4.69) is 13.2 Å². The molecular formula is C13H22O3. The molecule has 2 atom stereocenters. The lowest BCUT2D eigenvalue weighted by Crippen LogP contribution is -2.22. The van der Waals surface area contributed by atoms with Gasteiger partial charge in [0.25, 0.3) is 0 Å². The Morgan fingerprint density at radius 3 is 2.19 bits per heavy atom. The Balaban J connectivity index is 3.86. The Morgan fingerprint density at radius 2 is 1.75 bits per heavy atom. The van der Waals surface area contributed by atoms with Gasteiger partial charge in [-0.15, -0.1) is 0 Å². The summed E-state index contributed by atoms with van der Waals surface area (Å²) in [5.41, 5.74) is 1.40. The highest BCUT2D eigenvalue weighted by atomic mass is 16.5. The van der Waals surface area contributed by atoms with Gasteiger partial charge in [0.1, 0.15) is 6.10 Å². The quantitative estimate of drug-likeness (QED) is 0.380. The summed E-state index contributed by atoms with van der Waals surface area (Å²) < 4.78 is 10.7. The van der Waals surface area contributed by atoms with Crippen molar-refractivity contribution in [2.24, 2.45) is 0 Å². The van der Waals surface area contributed by atoms with E-state index in [4.69, 9.17) is 9.47 Å². The van der Waals surface area contributed by atoms with Gasteiger partial charge in [-0.05, 0) is 27.7 Å². The average Bonchev–Trinajstić information content (AvgIpc) is 2.14. The third-order valence-corrected chi connectivity index (χ3v) is 1.93. The number of rotatable bonds is 7. The number of carbonyl (C=O) groups is 1. The van der Waals surface area contributed by atoms with Crippen molar-refractivity contribution in [1.82, 2.24) is 0 Å². The Morgan fingerprint density at radius 1 is 1.19 bits per heavy atom. The van der Waals surface area contributed by atoms with Crippen molar-refractivity contribution in [3.63, 3.8) is 0 Å². The summed E-state index contributed by atoms with van der Waals surface area (Å²) in [6.07, 6.45) is 0.556. The first-order chi connectivity index (χ1) is 7.32. The van der Waals surface area contributed by atoms with Gasteiger partial charge in [-0.1, -0.05) is 18.7 Å². The van der Waals surface area contributed by atoms with Crippen molar-refractivity contribution in [2.45, 2.75) is 46.3 Å². The summed E-state index contributed by atoms with van der Waals surface area (Å²) in [5.74, 6) is -0.348. The smallest absolute Gasteiger partial charge is 0.333 e. The molecule has 0 bridgehead atoms. The molecule has 0 saturated heterocycles. The summed E-state index contributed by atoms with van der Waals surface area (Å²) in [6, 6.07) is 0. The summed E-state index contributed by atoms with van der Waals surface area (Å²) >= 11 is 0. The molecule has 16 heavy (non-hydrogen) atoms. The van der Waals surface area contributed by atoms with E-state index >= 15 is 0 Å². The second-order valence-electron chi connectivity index (χ2n) is 4.31. The Hall–Kier alpha value is -1.09. The molecule has 0 aromatic heterocycles. The van der Waals surface area contributed by atoms with Gasteiger partial charge >= 0.3 is 5.97 Å². The molecule has 0 aromatic carbocycles. The van der Waals surface area contributed by atoms with Crippen LogP contribution in [-0.4, -0.2) is 24.8 Å². The van der Waals surface area contributed by atoms with Gasteiger partial charge in [0.2, 0.25) is 0 Å². The number of hydrogen-bond acceptors (Lipinski definition) is 3. The molecule has 0 fully saturated rings. The minimum absolute atomic E-state index is 0.0459. The van der Waals surface area contributed by atoms with Crippen LogP contribution in [0.1, 0.15) is 34.1 Å². The normalized spacial score (nSPS) is 14.0. The molecule has 0 saturated carbocycles. The molecule has 3 heteroatoms. The van der Waals surface area contributed by atoms with E-state index < -0.39 is 0 Å². The fraction of sp³-hybridized carbons (Fsp3) is 0.615. The van der Waals surface area contributed by atoms with Crippen LogP contribution < -0.4 is 0 Å². The van der Waals surface area contributed by atoms with Crippen molar-refractivity contribution in [3.05, 3.63) is 24.3 Å². The molecule has 2 unspecified atom stereocenters. The van der Waals surface area contributed by atoms with Gasteiger partial charge in [0.15, 0.2) is 0 Å². The second-order valence-corrected chi connectivity index (χ2v) is 4.31. The molecule has 0 heterocycles. The topological polar surface area (TPSA) is 35.5 Å². The summed E-state index contributed by atoms with van der Waals surface area (Å²) in [6.45, 7) is 15.2. The third-order valence-electron chi connectivity index (χ3n) is 1.93. The summed E-state index contributed by atoms with van der Waals surface area (Å²) in [4.78, 5) is 11.2. The fourth-order valence-corrected chi connectivity index (χ4v) is 1.15. The van der Waals surface area contributed by atoms with Crippen molar-refractivity contribution in [2.75, 3.05) is 6.61 Å². The van der Waals surface area contributed by atoms with Gasteiger partial charge in [0.05, 0.1) is 12.7 Å². The fourth-order valence-electron chi connectivity index (χ4n) is 1.15. The van der Waals surface area contributed by atoms with Gasteiger partial charge in [-0.2, -0.15) is 0 Å². The predicted octanol–water partition coefficient (Wildman–Crippen LogP) is 2.87. The summed E-state index contributed by atoms with van der Waals surface area (Å²) in [7, 11) is 0. The highest BCUT2D eigenvalue weighted by molar-refractivity contribution is 5.87. The number of esters is 1. The van der Waals surface area contributed by atoms with E-state index in [1.807, 2.05) is 20.8 Å². The maximum Gasteiger partial charge on any atom is 0.333 e. The lowest BCUT2D eigenvalue weighted by atomic mass is 10.2. The monoisotopic (exact) mass is 226 g/mol. The van der Waals surface area contributed by atoms with Crippen LogP contribution in [0.5, 0.6) is 0 Å². The zero-order chi connectivity index (χ0) is 12.7. The van der Waals surface area contributed by atoms with Crippen LogP contribution in [0.3, 0.4) is 0 Å². The van der Waals surface area contributed by atoms with Gasteiger partial charge in [0, 0.05) is 12.0 Å². The van der Waals surface area contributed by atoms with E-state index in [1.54, 1.807) is 6.92 Å². The minimum atomic E-state index is -0.348. The molecule has 0 aliphatic rings. The number of carbonyl (C=O) groups excluding carboxylic acids is 1. The zero-order valence-corrected chi connectivity index (χ0v) is 10.7. The Kier molecular flexibility index (Phi) is 6.74. The lowest BCUT2D eigenvalue weighted by Gasteiger charge is -2.18. The number of ether oxygens (including phenoxy) is 2. The van der Waals surface area contributed by atoms with E-state index in [0.29, 0.717) is 18.6 Å². The molecule has 0 aliphatic carbocycles. The average molecular weight is 226 g/mol. The first-order valence-corrected chi connectivity index (χ1v) is 5.45. The van der Waals surface area contributed by atoms with E-state index in [1.165, 1.54) is 0 Å². The zero-order valence-electron chi connectivity index (χ0n) is 10.7. The first-order valence-electron chi connectivity index (χ1n) is 5.45. The standard InChI is InChI=1S/C13H22O3/c1-9(2)8-15-11(5)7-12(6)16-13(14)10(3)4/h11-12H,1,3,7-8H2,2,4-6H3. The maximum atomic E-state index is 11.2. The molecule has 0 N–H and O–H groups in total. The maximum absolute atomic E-state index is 11.2. The van der Waals surface area contributed by atoms with Gasteiger partial charge in [-0.3, -0.25) is 0 Å². The highest BCUT2D eigenvalue weighted by Gasteiger charge is 2.13. The van der Waals surface area contributed by atoms with Crippen LogP contribution in [0.25, 0.3) is 0 Å². The SMILES string of the molecule is C=C(C)COC(C)CC(C)OC(=O)C(=C)C. The molecule has 0 rings (SSSR count). The third kappa shape index (κ3) is 7.23. The van der Waals surface area contributed by atoms with Crippen LogP contribution in [0.15, 0.2) is 24.3 Å². The molecule has 0 aliphatic heterocycles. The van der Waals surface area contributed by atoms with E-state index in [9.17, 15) is 4.79 Å². The molecule has 92 valence electrons. The van der Waals surface area contributed by atoms with Crippen LogP contribution >= 0.6 is 0 Å². The van der Waals surface area contributed by atoms with Crippen LogP contribution in [0.2, 0.25) is 0 Å². The predicted molar refractivity (Wildman–Crippen MR) is 65.2 cm³/mol. The van der Waals surface area contributed by atoms with Crippen LogP contribution in [0.4, 0.5) is 0 Å². The van der Waals surface area contributed by atoms with Crippen molar-refractivity contribution in [3.8, 4) is 0 Å². The summed E-state index contributed by atoms with van der Waals surface area (Å²) in [5, 5.41) is 0. The highest BCUT2D eigenvalue weighted by Crippen LogP contribution is 2.08. The largest absolute Gasteiger partial charge is 0.459 e. The van der Waals surface area contributed by atoms with Crippen LogP contribution in [-0.2, 0) is 14.3 Å². The second kappa shape index (κ2) is 7.23. The number of hydrogen-bond donors (Lipinski definition) is 0. The Bertz CT molecular complexity index is 268. The van der Waals surface area contributed by atoms with Crippen molar-refractivity contribution >= 4 is 5.97 Å². The van der Waals surface area contributed by atoms with Crippen molar-refractivity contribution in [1.29, 1.82) is 0 Å². The van der Waals surface area contributed by atoms with Gasteiger partial charge < -0.3 is 9.47 Å².